The average molecular weight is 647 g/mol. The van der Waals surface area contributed by atoms with Gasteiger partial charge in [-0.2, -0.15) is 0 Å². The van der Waals surface area contributed by atoms with Gasteiger partial charge in [0.1, 0.15) is 0 Å². The van der Waals surface area contributed by atoms with E-state index in [2.05, 4.69) is 144 Å². The minimum atomic E-state index is 0.0776. The summed E-state index contributed by atoms with van der Waals surface area (Å²) in [5.41, 5.74) is 11.4. The molecule has 10 rings (SSSR count). The predicted molar refractivity (Wildman–Crippen MR) is 223 cm³/mol. The van der Waals surface area contributed by atoms with Crippen LogP contribution in [0.25, 0.3) is 97.0 Å². The Morgan fingerprint density at radius 1 is 0.320 bits per heavy atom. The van der Waals surface area contributed by atoms with Gasteiger partial charge in [-0.05, 0) is 194 Å². The molecule has 0 nitrogen and oxygen atoms in total. The van der Waals surface area contributed by atoms with Crippen molar-refractivity contribution in [1.29, 1.82) is 0 Å². The Hall–Kier alpha value is -4.68. The van der Waals surface area contributed by atoms with Gasteiger partial charge in [0.2, 0.25) is 0 Å². The Morgan fingerprint density at radius 3 is 1.16 bits per heavy atom. The van der Waals surface area contributed by atoms with Crippen molar-refractivity contribution in [3.8, 4) is 0 Å². The number of fused-ring (bicyclic) bond motifs is 4. The van der Waals surface area contributed by atoms with Crippen LogP contribution in [-0.4, -0.2) is 0 Å². The second-order valence-electron chi connectivity index (χ2n) is 18.0. The van der Waals surface area contributed by atoms with Gasteiger partial charge in [-0.3, -0.25) is 0 Å². The van der Waals surface area contributed by atoms with Gasteiger partial charge >= 0.3 is 0 Å². The fourth-order valence-corrected chi connectivity index (χ4v) is 10.6. The number of benzene rings is 10. The van der Waals surface area contributed by atoms with Crippen molar-refractivity contribution in [2.45, 2.75) is 93.9 Å². The van der Waals surface area contributed by atoms with Crippen LogP contribution < -0.4 is 0 Å². The molecule has 0 heterocycles. The molecule has 0 N–H and O–H groups in total. The molecule has 0 aliphatic carbocycles. The second-order valence-corrected chi connectivity index (χ2v) is 18.0. The predicted octanol–water partition coefficient (Wildman–Crippen LogP) is 14.8. The van der Waals surface area contributed by atoms with Crippen LogP contribution >= 0.6 is 0 Å². The zero-order valence-electron chi connectivity index (χ0n) is 31.8. The van der Waals surface area contributed by atoms with Crippen LogP contribution in [-0.2, 0) is 10.8 Å². The first kappa shape index (κ1) is 30.2. The Labute approximate surface area is 295 Å². The third kappa shape index (κ3) is 3.48. The molecule has 0 unspecified atom stereocenters. The number of aryl methyl sites for hydroxylation is 6. The summed E-state index contributed by atoms with van der Waals surface area (Å²) < 4.78 is 0. The largest absolute Gasteiger partial charge is 0.0561 e. The van der Waals surface area contributed by atoms with Crippen molar-refractivity contribution in [3.63, 3.8) is 0 Å². The summed E-state index contributed by atoms with van der Waals surface area (Å²) in [4.78, 5) is 0. The molecule has 0 aliphatic heterocycles. The average Bonchev–Trinajstić information content (AvgIpc) is 3.03. The maximum Gasteiger partial charge on any atom is -0.000867 e. The van der Waals surface area contributed by atoms with Crippen LogP contribution in [0, 0.1) is 41.5 Å². The lowest BCUT2D eigenvalue weighted by atomic mass is 9.75. The molecule has 0 aliphatic rings. The van der Waals surface area contributed by atoms with Crippen LogP contribution in [0.2, 0.25) is 0 Å². The highest BCUT2D eigenvalue weighted by Crippen LogP contribution is 2.53. The van der Waals surface area contributed by atoms with Crippen LogP contribution in [0.3, 0.4) is 0 Å². The van der Waals surface area contributed by atoms with Crippen molar-refractivity contribution in [3.05, 3.63) is 105 Å². The Morgan fingerprint density at radius 2 is 0.720 bits per heavy atom. The fourth-order valence-electron chi connectivity index (χ4n) is 10.6. The minimum Gasteiger partial charge on any atom is -0.0561 e. The highest BCUT2D eigenvalue weighted by Gasteiger charge is 2.28. The van der Waals surface area contributed by atoms with E-state index in [9.17, 15) is 0 Å². The summed E-state index contributed by atoms with van der Waals surface area (Å²) in [6.45, 7) is 28.2. The van der Waals surface area contributed by atoms with Gasteiger partial charge in [-0.25, -0.2) is 0 Å². The molecular weight excluding hydrogens is 601 g/mol. The third-order valence-electron chi connectivity index (χ3n) is 12.8. The molecule has 0 bridgehead atoms. The van der Waals surface area contributed by atoms with Crippen LogP contribution in [0.5, 0.6) is 0 Å². The van der Waals surface area contributed by atoms with Crippen molar-refractivity contribution < 1.29 is 0 Å². The molecule has 10 aromatic rings. The number of hydrogen-bond acceptors (Lipinski definition) is 0. The Bertz CT molecular complexity index is 3060. The first-order valence-corrected chi connectivity index (χ1v) is 18.5. The van der Waals surface area contributed by atoms with E-state index in [1.54, 1.807) is 0 Å². The maximum absolute atomic E-state index is 2.50. The van der Waals surface area contributed by atoms with Gasteiger partial charge in [0.15, 0.2) is 0 Å². The van der Waals surface area contributed by atoms with E-state index in [1.807, 2.05) is 0 Å². The topological polar surface area (TPSA) is 0 Å². The zero-order valence-corrected chi connectivity index (χ0v) is 31.8. The maximum atomic E-state index is 2.50. The Kier molecular flexibility index (Phi) is 5.52. The molecular formula is C50H46. The molecule has 50 heavy (non-hydrogen) atoms. The molecule has 0 atom stereocenters. The van der Waals surface area contributed by atoms with Crippen molar-refractivity contribution in [2.24, 2.45) is 0 Å². The van der Waals surface area contributed by atoms with Gasteiger partial charge in [-0.1, -0.05) is 102 Å². The standard InChI is InChI=1S/C50H46/c1-23-17-29-20-32(49(7,8)9)21-30-18-24(2)39-34-15-16-36-42-27(5)26(4)41-28(6)37(50(10,11)12)22-31-19-25(3)40(48(42)44(31)41)35-14-13-33(45(34)46(35)36)38(23)47(39)43(29)30/h13-22H,1-12H3. The van der Waals surface area contributed by atoms with E-state index >= 15 is 0 Å². The lowest BCUT2D eigenvalue weighted by Gasteiger charge is -2.28. The first-order chi connectivity index (χ1) is 23.6. The first-order valence-electron chi connectivity index (χ1n) is 18.5. The molecule has 0 heteroatoms. The molecule has 0 radical (unpaired) electrons. The molecule has 0 spiro atoms. The zero-order chi connectivity index (χ0) is 35.1. The second kappa shape index (κ2) is 9.15. The Balaban J connectivity index is 1.47. The van der Waals surface area contributed by atoms with E-state index in [1.165, 1.54) is 141 Å². The summed E-state index contributed by atoms with van der Waals surface area (Å²) in [5.74, 6) is 0. The third-order valence-corrected chi connectivity index (χ3v) is 12.8. The van der Waals surface area contributed by atoms with Gasteiger partial charge < -0.3 is 0 Å². The summed E-state index contributed by atoms with van der Waals surface area (Å²) in [7, 11) is 0. The summed E-state index contributed by atoms with van der Waals surface area (Å²) in [6, 6.07) is 24.7. The highest BCUT2D eigenvalue weighted by atomic mass is 14.3. The monoisotopic (exact) mass is 646 g/mol. The van der Waals surface area contributed by atoms with Crippen LogP contribution in [0.15, 0.2) is 60.7 Å². The van der Waals surface area contributed by atoms with E-state index in [4.69, 9.17) is 0 Å². The fraction of sp³-hybridized carbons (Fsp3) is 0.280. The molecule has 246 valence electrons. The van der Waals surface area contributed by atoms with E-state index in [0.717, 1.165) is 0 Å². The quantitative estimate of drug-likeness (QED) is 0.114. The summed E-state index contributed by atoms with van der Waals surface area (Å²) in [5, 5.41) is 25.5. The van der Waals surface area contributed by atoms with Crippen LogP contribution in [0.4, 0.5) is 0 Å². The van der Waals surface area contributed by atoms with E-state index in [-0.39, 0.29) is 10.8 Å². The number of rotatable bonds is 0. The highest BCUT2D eigenvalue weighted by molar-refractivity contribution is 6.46. The van der Waals surface area contributed by atoms with Crippen molar-refractivity contribution in [1.82, 2.24) is 0 Å². The lowest BCUT2D eigenvalue weighted by Crippen LogP contribution is -2.14. The van der Waals surface area contributed by atoms with Crippen LogP contribution in [0.1, 0.15) is 86.1 Å². The van der Waals surface area contributed by atoms with Gasteiger partial charge in [0, 0.05) is 0 Å². The van der Waals surface area contributed by atoms with Crippen molar-refractivity contribution in [2.75, 3.05) is 0 Å². The molecule has 0 fully saturated rings. The van der Waals surface area contributed by atoms with Gasteiger partial charge in [-0.15, -0.1) is 0 Å². The summed E-state index contributed by atoms with van der Waals surface area (Å²) >= 11 is 0. The molecule has 0 saturated carbocycles. The smallest absolute Gasteiger partial charge is 0.000867 e. The number of hydrogen-bond donors (Lipinski definition) is 0. The van der Waals surface area contributed by atoms with Gasteiger partial charge in [0.05, 0.1) is 0 Å². The van der Waals surface area contributed by atoms with E-state index in [0.29, 0.717) is 0 Å². The molecule has 0 aromatic heterocycles. The SMILES string of the molecule is Cc1c(C(C)(C)C)cc2cc(C)c3c4ccc5c6c(C)cc7cc(C(C)(C)C)cc8cc(C)c(c9ccc(c%10c(C)c(C)c1c2c3%10)c4c59)c6c78. The summed E-state index contributed by atoms with van der Waals surface area (Å²) in [6.07, 6.45) is 0. The lowest BCUT2D eigenvalue weighted by molar-refractivity contribution is 0.588. The van der Waals surface area contributed by atoms with Gasteiger partial charge in [0.25, 0.3) is 0 Å². The van der Waals surface area contributed by atoms with E-state index < -0.39 is 0 Å². The van der Waals surface area contributed by atoms with Crippen molar-refractivity contribution >= 4 is 97.0 Å². The minimum absolute atomic E-state index is 0.0776. The normalized spacial score (nSPS) is 13.6. The molecule has 0 saturated heterocycles. The molecule has 10 aromatic carbocycles. The molecule has 0 amide bonds.